The highest BCUT2D eigenvalue weighted by atomic mass is 16.4. The van der Waals surface area contributed by atoms with E-state index in [-0.39, 0.29) is 22.3 Å². The van der Waals surface area contributed by atoms with Crippen LogP contribution < -0.4 is 0 Å². The fourth-order valence-electron chi connectivity index (χ4n) is 3.45. The van der Waals surface area contributed by atoms with Gasteiger partial charge in [0.1, 0.15) is 0 Å². The van der Waals surface area contributed by atoms with Crippen LogP contribution in [-0.2, 0) is 6.42 Å². The SMILES string of the molecule is O=C(O)c1ccc(Cc2ccc(C(=O)O)cc2)cc1.O=C(O)c1ccc2ccccc2c1C(=O)O. The van der Waals surface area contributed by atoms with E-state index in [0.29, 0.717) is 17.2 Å². The van der Waals surface area contributed by atoms with Crippen LogP contribution in [0.15, 0.2) is 84.9 Å². The molecule has 0 saturated heterocycles. The molecule has 0 fully saturated rings. The average molecular weight is 472 g/mol. The summed E-state index contributed by atoms with van der Waals surface area (Å²) in [5.41, 5.74) is 2.12. The summed E-state index contributed by atoms with van der Waals surface area (Å²) in [6.45, 7) is 0. The topological polar surface area (TPSA) is 149 Å². The van der Waals surface area contributed by atoms with Gasteiger partial charge in [0, 0.05) is 0 Å². The van der Waals surface area contributed by atoms with Crippen LogP contribution in [0.4, 0.5) is 0 Å². The van der Waals surface area contributed by atoms with Crippen molar-refractivity contribution in [1.82, 2.24) is 0 Å². The third-order valence-electron chi connectivity index (χ3n) is 5.18. The van der Waals surface area contributed by atoms with Crippen LogP contribution in [-0.4, -0.2) is 44.3 Å². The largest absolute Gasteiger partial charge is 0.478 e. The zero-order valence-electron chi connectivity index (χ0n) is 18.2. The van der Waals surface area contributed by atoms with Crippen LogP contribution in [0.5, 0.6) is 0 Å². The van der Waals surface area contributed by atoms with E-state index in [1.54, 1.807) is 78.9 Å². The van der Waals surface area contributed by atoms with Crippen LogP contribution in [0, 0.1) is 0 Å². The van der Waals surface area contributed by atoms with Gasteiger partial charge in [0.15, 0.2) is 0 Å². The second-order valence-corrected chi connectivity index (χ2v) is 7.50. The summed E-state index contributed by atoms with van der Waals surface area (Å²) < 4.78 is 0. The minimum Gasteiger partial charge on any atom is -0.478 e. The van der Waals surface area contributed by atoms with E-state index in [0.717, 1.165) is 11.1 Å². The molecule has 0 bridgehead atoms. The third kappa shape index (κ3) is 6.08. The fourth-order valence-corrected chi connectivity index (χ4v) is 3.45. The number of carboxylic acids is 4. The molecule has 0 saturated carbocycles. The maximum absolute atomic E-state index is 11.1. The van der Waals surface area contributed by atoms with Gasteiger partial charge in [0.2, 0.25) is 0 Å². The second-order valence-electron chi connectivity index (χ2n) is 7.50. The van der Waals surface area contributed by atoms with Crippen molar-refractivity contribution in [2.24, 2.45) is 0 Å². The van der Waals surface area contributed by atoms with Crippen LogP contribution >= 0.6 is 0 Å². The van der Waals surface area contributed by atoms with Gasteiger partial charge < -0.3 is 20.4 Å². The van der Waals surface area contributed by atoms with E-state index in [2.05, 4.69) is 0 Å². The molecule has 35 heavy (non-hydrogen) atoms. The summed E-state index contributed by atoms with van der Waals surface area (Å²) in [5, 5.41) is 36.7. The minimum atomic E-state index is -1.23. The Bertz CT molecular complexity index is 1350. The molecule has 0 aliphatic heterocycles. The summed E-state index contributed by atoms with van der Waals surface area (Å²) >= 11 is 0. The van der Waals surface area contributed by atoms with Gasteiger partial charge in [-0.2, -0.15) is 0 Å². The molecule has 4 aromatic carbocycles. The summed E-state index contributed by atoms with van der Waals surface area (Å²) in [7, 11) is 0. The Kier molecular flexibility index (Phi) is 7.58. The van der Waals surface area contributed by atoms with Gasteiger partial charge in [0.05, 0.1) is 22.3 Å². The average Bonchev–Trinajstić information content (AvgIpc) is 2.84. The van der Waals surface area contributed by atoms with Crippen LogP contribution in [0.25, 0.3) is 10.8 Å². The van der Waals surface area contributed by atoms with Crippen molar-refractivity contribution < 1.29 is 39.6 Å². The molecule has 0 spiro atoms. The summed E-state index contributed by atoms with van der Waals surface area (Å²) in [6, 6.07) is 23.0. The van der Waals surface area contributed by atoms with Gasteiger partial charge in [0.25, 0.3) is 0 Å². The Morgan fingerprint density at radius 1 is 0.514 bits per heavy atom. The first-order chi connectivity index (χ1) is 16.7. The van der Waals surface area contributed by atoms with Gasteiger partial charge in [-0.3, -0.25) is 0 Å². The number of rotatable bonds is 6. The number of carboxylic acid groups (broad SMARTS) is 4. The monoisotopic (exact) mass is 472 g/mol. The molecule has 4 N–H and O–H groups in total. The maximum atomic E-state index is 11.1. The van der Waals surface area contributed by atoms with Crippen molar-refractivity contribution in [3.63, 3.8) is 0 Å². The highest BCUT2D eigenvalue weighted by molar-refractivity contribution is 6.11. The van der Waals surface area contributed by atoms with E-state index in [1.807, 2.05) is 0 Å². The Morgan fingerprint density at radius 2 is 1.00 bits per heavy atom. The van der Waals surface area contributed by atoms with E-state index >= 15 is 0 Å². The standard InChI is InChI=1S/C15H12O4.C12H8O4/c16-14(17)12-5-1-10(2-6-12)9-11-3-7-13(8-4-11)15(18)19;13-11(14)9-6-5-7-3-1-2-4-8(7)10(9)12(15)16/h1-8H,9H2,(H,16,17)(H,18,19);1-6H,(H,13,14)(H,15,16). The molecule has 0 heterocycles. The highest BCUT2D eigenvalue weighted by Crippen LogP contribution is 2.22. The molecule has 8 heteroatoms. The number of hydrogen-bond donors (Lipinski definition) is 4. The van der Waals surface area contributed by atoms with Gasteiger partial charge in [-0.1, -0.05) is 54.6 Å². The van der Waals surface area contributed by atoms with Crippen LogP contribution in [0.2, 0.25) is 0 Å². The molecule has 4 aromatic rings. The van der Waals surface area contributed by atoms with Gasteiger partial charge in [-0.05, 0) is 58.7 Å². The molecule has 0 radical (unpaired) electrons. The normalized spacial score (nSPS) is 10.2. The number of hydrogen-bond acceptors (Lipinski definition) is 4. The highest BCUT2D eigenvalue weighted by Gasteiger charge is 2.18. The lowest BCUT2D eigenvalue weighted by atomic mass is 9.99. The van der Waals surface area contributed by atoms with Crippen molar-refractivity contribution in [1.29, 1.82) is 0 Å². The van der Waals surface area contributed by atoms with Crippen molar-refractivity contribution in [3.8, 4) is 0 Å². The predicted molar refractivity (Wildman–Crippen MR) is 127 cm³/mol. The number of fused-ring (bicyclic) bond motifs is 1. The van der Waals surface area contributed by atoms with E-state index in [4.69, 9.17) is 20.4 Å². The zero-order valence-corrected chi connectivity index (χ0v) is 18.2. The zero-order chi connectivity index (χ0) is 25.5. The Hall–Kier alpha value is -4.98. The number of benzene rings is 4. The summed E-state index contributed by atoms with van der Waals surface area (Å²) in [6.07, 6.45) is 0.639. The quantitative estimate of drug-likeness (QED) is 0.309. The van der Waals surface area contributed by atoms with Crippen molar-refractivity contribution in [3.05, 3.63) is 118 Å². The molecular weight excluding hydrogens is 452 g/mol. The van der Waals surface area contributed by atoms with Crippen molar-refractivity contribution >= 4 is 34.6 Å². The molecule has 0 aliphatic carbocycles. The Balaban J connectivity index is 0.000000198. The van der Waals surface area contributed by atoms with Crippen molar-refractivity contribution in [2.45, 2.75) is 6.42 Å². The predicted octanol–water partition coefficient (Wildman–Crippen LogP) is 4.91. The molecule has 0 unspecified atom stereocenters. The lowest BCUT2D eigenvalue weighted by Crippen LogP contribution is -2.08. The van der Waals surface area contributed by atoms with E-state index in [1.165, 1.54) is 6.07 Å². The van der Waals surface area contributed by atoms with E-state index in [9.17, 15) is 19.2 Å². The van der Waals surface area contributed by atoms with Gasteiger partial charge in [-0.25, -0.2) is 19.2 Å². The third-order valence-corrected chi connectivity index (χ3v) is 5.18. The number of carbonyl (C=O) groups is 4. The lowest BCUT2D eigenvalue weighted by Gasteiger charge is -2.05. The lowest BCUT2D eigenvalue weighted by molar-refractivity contribution is 0.0653. The summed E-state index contributed by atoms with van der Waals surface area (Å²) in [4.78, 5) is 43.4. The first-order valence-corrected chi connectivity index (χ1v) is 10.3. The second kappa shape index (κ2) is 10.8. The van der Waals surface area contributed by atoms with E-state index < -0.39 is 23.9 Å². The van der Waals surface area contributed by atoms with Crippen molar-refractivity contribution in [2.75, 3.05) is 0 Å². The Labute approximate surface area is 199 Å². The first kappa shape index (κ1) is 24.7. The smallest absolute Gasteiger partial charge is 0.337 e. The fraction of sp³-hybridized carbons (Fsp3) is 0.0370. The molecule has 0 amide bonds. The Morgan fingerprint density at radius 3 is 1.43 bits per heavy atom. The first-order valence-electron chi connectivity index (χ1n) is 10.3. The van der Waals surface area contributed by atoms with Crippen LogP contribution in [0.1, 0.15) is 52.6 Å². The molecule has 8 nitrogen and oxygen atoms in total. The van der Waals surface area contributed by atoms with Gasteiger partial charge >= 0.3 is 23.9 Å². The molecule has 4 rings (SSSR count). The molecule has 0 atom stereocenters. The minimum absolute atomic E-state index is 0.161. The van der Waals surface area contributed by atoms with Gasteiger partial charge in [-0.15, -0.1) is 0 Å². The molecule has 0 aliphatic rings. The molecule has 176 valence electrons. The molecule has 0 aromatic heterocycles. The summed E-state index contributed by atoms with van der Waals surface area (Å²) in [5.74, 6) is -4.35. The maximum Gasteiger partial charge on any atom is 0.337 e. The number of aromatic carboxylic acids is 4. The molecular formula is C27H20O8. The van der Waals surface area contributed by atoms with Crippen LogP contribution in [0.3, 0.4) is 0 Å².